The third-order valence-corrected chi connectivity index (χ3v) is 5.80. The zero-order valence-corrected chi connectivity index (χ0v) is 13.1. The Bertz CT molecular complexity index is 347. The summed E-state index contributed by atoms with van der Waals surface area (Å²) in [5.74, 6) is 0. The van der Waals surface area contributed by atoms with Gasteiger partial charge in [-0.05, 0) is 6.92 Å². The second kappa shape index (κ2) is 7.74. The first-order valence-electron chi connectivity index (χ1n) is 6.02. The third-order valence-electron chi connectivity index (χ3n) is 2.96. The van der Waals surface area contributed by atoms with Crippen LogP contribution < -0.4 is 0 Å². The van der Waals surface area contributed by atoms with Crippen molar-refractivity contribution < 1.29 is 22.8 Å². The van der Waals surface area contributed by atoms with Gasteiger partial charge in [-0.2, -0.15) is 0 Å². The first kappa shape index (κ1) is 16.3. The molecule has 0 saturated heterocycles. The van der Waals surface area contributed by atoms with Crippen molar-refractivity contribution in [3.05, 3.63) is 35.9 Å². The molecular formula is C13H22O5Si. The summed E-state index contributed by atoms with van der Waals surface area (Å²) in [6.07, 6.45) is -0.483. The average Bonchev–Trinajstić information content (AvgIpc) is 2.48. The Hall–Kier alpha value is -0.763. The van der Waals surface area contributed by atoms with Gasteiger partial charge in [0.2, 0.25) is 0 Å². The Morgan fingerprint density at radius 1 is 0.895 bits per heavy atom. The summed E-state index contributed by atoms with van der Waals surface area (Å²) in [5, 5.41) is 0. The molecular weight excluding hydrogens is 264 g/mol. The van der Waals surface area contributed by atoms with Crippen molar-refractivity contribution in [1.29, 1.82) is 0 Å². The minimum absolute atomic E-state index is 0.349. The molecule has 1 aromatic rings. The van der Waals surface area contributed by atoms with Gasteiger partial charge >= 0.3 is 8.80 Å². The molecule has 0 aliphatic carbocycles. The van der Waals surface area contributed by atoms with Crippen molar-refractivity contribution in [2.75, 3.05) is 28.4 Å². The van der Waals surface area contributed by atoms with Gasteiger partial charge in [-0.1, -0.05) is 30.3 Å². The molecule has 0 heterocycles. The fraction of sp³-hybridized carbons (Fsp3) is 0.538. The predicted octanol–water partition coefficient (Wildman–Crippen LogP) is 2.15. The largest absolute Gasteiger partial charge is 0.530 e. The van der Waals surface area contributed by atoms with E-state index in [1.165, 1.54) is 0 Å². The van der Waals surface area contributed by atoms with E-state index in [4.69, 9.17) is 22.8 Å². The predicted molar refractivity (Wildman–Crippen MR) is 73.5 cm³/mol. The summed E-state index contributed by atoms with van der Waals surface area (Å²) in [6.45, 7) is 1.86. The van der Waals surface area contributed by atoms with E-state index in [-0.39, 0.29) is 5.73 Å². The molecule has 0 aromatic heterocycles. The highest BCUT2D eigenvalue weighted by Crippen LogP contribution is 2.24. The maximum Gasteiger partial charge on any atom is 0.530 e. The van der Waals surface area contributed by atoms with Gasteiger partial charge in [0.25, 0.3) is 0 Å². The van der Waals surface area contributed by atoms with Gasteiger partial charge in [0, 0.05) is 34.0 Å². The highest BCUT2D eigenvalue weighted by atomic mass is 28.4. The molecule has 5 nitrogen and oxygen atoms in total. The molecule has 19 heavy (non-hydrogen) atoms. The van der Waals surface area contributed by atoms with Gasteiger partial charge in [0.1, 0.15) is 5.73 Å². The minimum Gasteiger partial charge on any atom is -0.375 e. The molecule has 0 spiro atoms. The van der Waals surface area contributed by atoms with Gasteiger partial charge in [0.15, 0.2) is 6.29 Å². The lowest BCUT2D eigenvalue weighted by Crippen LogP contribution is -2.54. The van der Waals surface area contributed by atoms with Crippen LogP contribution in [0.2, 0.25) is 0 Å². The molecule has 1 rings (SSSR count). The van der Waals surface area contributed by atoms with Gasteiger partial charge in [-0.15, -0.1) is 0 Å². The maximum absolute atomic E-state index is 5.89. The fourth-order valence-corrected chi connectivity index (χ4v) is 3.68. The van der Waals surface area contributed by atoms with Crippen molar-refractivity contribution in [3.63, 3.8) is 0 Å². The number of hydrogen-bond acceptors (Lipinski definition) is 5. The number of rotatable bonds is 8. The molecule has 0 N–H and O–H groups in total. The van der Waals surface area contributed by atoms with Crippen LogP contribution in [0.5, 0.6) is 0 Å². The smallest absolute Gasteiger partial charge is 0.375 e. The van der Waals surface area contributed by atoms with Crippen LogP contribution in [-0.4, -0.2) is 43.0 Å². The zero-order chi connectivity index (χ0) is 14.3. The van der Waals surface area contributed by atoms with Gasteiger partial charge in [-0.25, -0.2) is 0 Å². The molecule has 0 fully saturated rings. The second-order valence-corrected chi connectivity index (χ2v) is 7.22. The van der Waals surface area contributed by atoms with Crippen molar-refractivity contribution in [3.8, 4) is 0 Å². The lowest BCUT2D eigenvalue weighted by atomic mass is 10.2. The highest BCUT2D eigenvalue weighted by Gasteiger charge is 2.47. The topological polar surface area (TPSA) is 46.2 Å². The van der Waals surface area contributed by atoms with E-state index in [1.54, 1.807) is 28.4 Å². The summed E-state index contributed by atoms with van der Waals surface area (Å²) >= 11 is 0. The SMILES string of the molecule is COC(OC(C)[Si](OC)(OC)OC)c1ccccc1. The van der Waals surface area contributed by atoms with Gasteiger partial charge < -0.3 is 22.8 Å². The van der Waals surface area contributed by atoms with Crippen molar-refractivity contribution in [2.24, 2.45) is 0 Å². The van der Waals surface area contributed by atoms with Crippen LogP contribution >= 0.6 is 0 Å². The quantitative estimate of drug-likeness (QED) is 0.541. The lowest BCUT2D eigenvalue weighted by molar-refractivity contribution is -0.152. The number of hydrogen-bond donors (Lipinski definition) is 0. The number of ether oxygens (including phenoxy) is 2. The van der Waals surface area contributed by atoms with E-state index < -0.39 is 15.1 Å². The Morgan fingerprint density at radius 2 is 1.42 bits per heavy atom. The number of methoxy groups -OCH3 is 1. The van der Waals surface area contributed by atoms with Gasteiger partial charge in [-0.3, -0.25) is 0 Å². The van der Waals surface area contributed by atoms with Crippen LogP contribution in [0.4, 0.5) is 0 Å². The standard InChI is InChI=1S/C13H22O5Si/c1-11(19(15-3,16-4)17-5)18-13(14-2)12-9-7-6-8-10-12/h6-11,13H,1-5H3. The summed E-state index contributed by atoms with van der Waals surface area (Å²) in [4.78, 5) is 0. The Morgan fingerprint density at radius 3 is 1.84 bits per heavy atom. The molecule has 2 unspecified atom stereocenters. The molecule has 0 aliphatic heterocycles. The Labute approximate surface area is 115 Å². The Balaban J connectivity index is 2.81. The van der Waals surface area contributed by atoms with Crippen molar-refractivity contribution in [1.82, 2.24) is 0 Å². The second-order valence-electron chi connectivity index (χ2n) is 3.97. The van der Waals surface area contributed by atoms with Crippen LogP contribution in [0.25, 0.3) is 0 Å². The first-order chi connectivity index (χ1) is 9.13. The van der Waals surface area contributed by atoms with E-state index in [2.05, 4.69) is 0 Å². The van der Waals surface area contributed by atoms with Gasteiger partial charge in [0.05, 0.1) is 0 Å². The van der Waals surface area contributed by atoms with E-state index in [0.717, 1.165) is 5.56 Å². The van der Waals surface area contributed by atoms with E-state index in [0.29, 0.717) is 0 Å². The third kappa shape index (κ3) is 3.85. The Kier molecular flexibility index (Phi) is 6.63. The van der Waals surface area contributed by atoms with Crippen LogP contribution in [0.15, 0.2) is 30.3 Å². The maximum atomic E-state index is 5.89. The van der Waals surface area contributed by atoms with Crippen LogP contribution in [-0.2, 0) is 22.8 Å². The molecule has 6 heteroatoms. The van der Waals surface area contributed by atoms with Crippen LogP contribution in [0, 0.1) is 0 Å². The first-order valence-corrected chi connectivity index (χ1v) is 7.82. The molecule has 0 bridgehead atoms. The molecule has 0 aliphatic rings. The lowest BCUT2D eigenvalue weighted by Gasteiger charge is -2.32. The van der Waals surface area contributed by atoms with Crippen LogP contribution in [0.3, 0.4) is 0 Å². The summed E-state index contributed by atoms with van der Waals surface area (Å²) in [5.41, 5.74) is 0.584. The van der Waals surface area contributed by atoms with E-state index in [1.807, 2.05) is 37.3 Å². The average molecular weight is 286 g/mol. The molecule has 108 valence electrons. The van der Waals surface area contributed by atoms with Crippen LogP contribution in [0.1, 0.15) is 18.8 Å². The fourth-order valence-electron chi connectivity index (χ4n) is 1.90. The highest BCUT2D eigenvalue weighted by molar-refractivity contribution is 6.61. The zero-order valence-electron chi connectivity index (χ0n) is 12.1. The van der Waals surface area contributed by atoms with Crippen molar-refractivity contribution >= 4 is 8.80 Å². The molecule has 0 radical (unpaired) electrons. The van der Waals surface area contributed by atoms with E-state index in [9.17, 15) is 0 Å². The molecule has 2 atom stereocenters. The minimum atomic E-state index is -2.83. The summed E-state index contributed by atoms with van der Waals surface area (Å²) in [6, 6.07) is 9.69. The normalized spacial score (nSPS) is 15.2. The molecule has 0 saturated carbocycles. The monoisotopic (exact) mass is 286 g/mol. The summed E-state index contributed by atoms with van der Waals surface area (Å²) < 4.78 is 27.4. The molecule has 0 amide bonds. The van der Waals surface area contributed by atoms with Crippen molar-refractivity contribution in [2.45, 2.75) is 18.9 Å². The molecule has 1 aromatic carbocycles. The number of benzene rings is 1. The van der Waals surface area contributed by atoms with E-state index >= 15 is 0 Å². The summed E-state index contributed by atoms with van der Waals surface area (Å²) in [7, 11) is 3.44.